The third-order valence-corrected chi connectivity index (χ3v) is 3.99. The van der Waals surface area contributed by atoms with Crippen LogP contribution in [0.3, 0.4) is 0 Å². The van der Waals surface area contributed by atoms with Gasteiger partial charge in [0.25, 0.3) is 0 Å². The van der Waals surface area contributed by atoms with Crippen molar-refractivity contribution in [2.75, 3.05) is 19.6 Å². The topological polar surface area (TPSA) is 69.6 Å². The van der Waals surface area contributed by atoms with Crippen LogP contribution in [-0.4, -0.2) is 47.1 Å². The van der Waals surface area contributed by atoms with Gasteiger partial charge in [-0.25, -0.2) is 0 Å². The van der Waals surface area contributed by atoms with Crippen LogP contribution in [0.25, 0.3) is 0 Å². The molecule has 110 valence electrons. The number of nitrogens with zero attached hydrogens (tertiary/aromatic N) is 1. The fourth-order valence-electron chi connectivity index (χ4n) is 2.41. The molecule has 0 spiro atoms. The predicted octanol–water partition coefficient (Wildman–Crippen LogP) is 1.48. The van der Waals surface area contributed by atoms with Gasteiger partial charge in [0.15, 0.2) is 0 Å². The Morgan fingerprint density at radius 2 is 1.95 bits per heavy atom. The zero-order valence-corrected chi connectivity index (χ0v) is 12.2. The van der Waals surface area contributed by atoms with Crippen molar-refractivity contribution in [3.05, 3.63) is 0 Å². The summed E-state index contributed by atoms with van der Waals surface area (Å²) >= 11 is 0. The van der Waals surface area contributed by atoms with E-state index in [4.69, 9.17) is 0 Å². The molecule has 5 nitrogen and oxygen atoms in total. The minimum absolute atomic E-state index is 0.00970. The average molecular weight is 270 g/mol. The van der Waals surface area contributed by atoms with Crippen LogP contribution in [0.1, 0.15) is 46.5 Å². The molecule has 1 rings (SSSR count). The van der Waals surface area contributed by atoms with Crippen molar-refractivity contribution in [3.63, 3.8) is 0 Å². The van der Waals surface area contributed by atoms with E-state index in [9.17, 15) is 14.7 Å². The fourth-order valence-corrected chi connectivity index (χ4v) is 2.41. The largest absolute Gasteiger partial charge is 0.480 e. The maximum Gasteiger partial charge on any atom is 0.323 e. The first-order valence-corrected chi connectivity index (χ1v) is 7.15. The SMILES string of the molecule is CCCC(C)(NCC(=O)N1CCC(C)CC1)C(=O)O. The second kappa shape index (κ2) is 6.89. The van der Waals surface area contributed by atoms with E-state index in [0.717, 1.165) is 32.4 Å². The molecule has 1 saturated heterocycles. The molecule has 1 aliphatic heterocycles. The van der Waals surface area contributed by atoms with Crippen molar-refractivity contribution in [2.24, 2.45) is 5.92 Å². The Bertz CT molecular complexity index is 325. The number of aliphatic carboxylic acids is 1. The number of hydrogen-bond acceptors (Lipinski definition) is 3. The molecule has 0 saturated carbocycles. The fraction of sp³-hybridized carbons (Fsp3) is 0.857. The van der Waals surface area contributed by atoms with Gasteiger partial charge in [-0.05, 0) is 32.1 Å². The van der Waals surface area contributed by atoms with E-state index in [1.54, 1.807) is 6.92 Å². The molecule has 1 fully saturated rings. The summed E-state index contributed by atoms with van der Waals surface area (Å²) in [5.41, 5.74) is -1.01. The highest BCUT2D eigenvalue weighted by molar-refractivity contribution is 5.82. The average Bonchev–Trinajstić information content (AvgIpc) is 2.37. The number of amides is 1. The molecule has 1 aliphatic rings. The summed E-state index contributed by atoms with van der Waals surface area (Å²) in [5, 5.41) is 12.1. The Kier molecular flexibility index (Phi) is 5.79. The predicted molar refractivity (Wildman–Crippen MR) is 73.9 cm³/mol. The molecule has 0 aromatic heterocycles. The number of nitrogens with one attached hydrogen (secondary N) is 1. The lowest BCUT2D eigenvalue weighted by Gasteiger charge is -2.32. The molecule has 5 heteroatoms. The van der Waals surface area contributed by atoms with Crippen LogP contribution in [-0.2, 0) is 9.59 Å². The number of carbonyl (C=O) groups is 2. The van der Waals surface area contributed by atoms with Gasteiger partial charge < -0.3 is 10.0 Å². The lowest BCUT2D eigenvalue weighted by atomic mass is 9.96. The highest BCUT2D eigenvalue weighted by Gasteiger charge is 2.32. The Morgan fingerprint density at radius 1 is 1.37 bits per heavy atom. The van der Waals surface area contributed by atoms with Crippen LogP contribution in [0.4, 0.5) is 0 Å². The zero-order chi connectivity index (χ0) is 14.5. The van der Waals surface area contributed by atoms with Crippen LogP contribution in [0.15, 0.2) is 0 Å². The molecule has 0 aromatic carbocycles. The Morgan fingerprint density at radius 3 is 2.42 bits per heavy atom. The van der Waals surface area contributed by atoms with Gasteiger partial charge in [-0.3, -0.25) is 14.9 Å². The number of carbonyl (C=O) groups excluding carboxylic acids is 1. The number of likely N-dealkylation sites (tertiary alicyclic amines) is 1. The standard InChI is InChI=1S/C14H26N2O3/c1-4-7-14(3,13(18)19)15-10-12(17)16-8-5-11(2)6-9-16/h11,15H,4-10H2,1-3H3,(H,18,19). The van der Waals surface area contributed by atoms with E-state index in [1.807, 2.05) is 11.8 Å². The molecule has 19 heavy (non-hydrogen) atoms. The van der Waals surface area contributed by atoms with E-state index >= 15 is 0 Å². The lowest BCUT2D eigenvalue weighted by Crippen LogP contribution is -2.53. The maximum absolute atomic E-state index is 12.0. The molecule has 1 amide bonds. The summed E-state index contributed by atoms with van der Waals surface area (Å²) in [4.78, 5) is 25.1. The molecule has 0 aromatic rings. The first-order valence-electron chi connectivity index (χ1n) is 7.15. The number of rotatable bonds is 6. The lowest BCUT2D eigenvalue weighted by molar-refractivity contribution is -0.145. The van der Waals surface area contributed by atoms with Crippen molar-refractivity contribution in [1.29, 1.82) is 0 Å². The molecular formula is C14H26N2O3. The van der Waals surface area contributed by atoms with Gasteiger partial charge in [0.1, 0.15) is 5.54 Å². The summed E-state index contributed by atoms with van der Waals surface area (Å²) in [5.74, 6) is -0.203. The van der Waals surface area contributed by atoms with Crippen molar-refractivity contribution in [3.8, 4) is 0 Å². The minimum atomic E-state index is -1.01. The van der Waals surface area contributed by atoms with E-state index in [2.05, 4.69) is 12.2 Å². The molecular weight excluding hydrogens is 244 g/mol. The number of hydrogen-bond donors (Lipinski definition) is 2. The summed E-state index contributed by atoms with van der Waals surface area (Å²) in [6.45, 7) is 7.47. The maximum atomic E-state index is 12.0. The highest BCUT2D eigenvalue weighted by Crippen LogP contribution is 2.16. The summed E-state index contributed by atoms with van der Waals surface area (Å²) in [6.07, 6.45) is 3.37. The van der Waals surface area contributed by atoms with Gasteiger partial charge in [-0.2, -0.15) is 0 Å². The second-order valence-electron chi connectivity index (χ2n) is 5.80. The smallest absolute Gasteiger partial charge is 0.323 e. The second-order valence-corrected chi connectivity index (χ2v) is 5.80. The van der Waals surface area contributed by atoms with Gasteiger partial charge in [0.2, 0.25) is 5.91 Å². The van der Waals surface area contributed by atoms with Crippen molar-refractivity contribution in [2.45, 2.75) is 52.0 Å². The number of carboxylic acids is 1. The first kappa shape index (κ1) is 16.0. The van der Waals surface area contributed by atoms with Crippen LogP contribution in [0.2, 0.25) is 0 Å². The van der Waals surface area contributed by atoms with Crippen LogP contribution in [0.5, 0.6) is 0 Å². The summed E-state index contributed by atoms with van der Waals surface area (Å²) in [7, 11) is 0. The van der Waals surface area contributed by atoms with Gasteiger partial charge in [0.05, 0.1) is 6.54 Å². The first-order chi connectivity index (χ1) is 8.89. The van der Waals surface area contributed by atoms with Gasteiger partial charge in [-0.15, -0.1) is 0 Å². The summed E-state index contributed by atoms with van der Waals surface area (Å²) < 4.78 is 0. The van der Waals surface area contributed by atoms with Gasteiger partial charge in [0, 0.05) is 13.1 Å². The normalized spacial score (nSPS) is 20.1. The van der Waals surface area contributed by atoms with Crippen molar-refractivity contribution in [1.82, 2.24) is 10.2 Å². The van der Waals surface area contributed by atoms with Gasteiger partial charge in [-0.1, -0.05) is 20.3 Å². The van der Waals surface area contributed by atoms with Gasteiger partial charge >= 0.3 is 5.97 Å². The summed E-state index contributed by atoms with van der Waals surface area (Å²) in [6, 6.07) is 0. The zero-order valence-electron chi connectivity index (χ0n) is 12.2. The van der Waals surface area contributed by atoms with E-state index in [0.29, 0.717) is 12.3 Å². The molecule has 0 aliphatic carbocycles. The monoisotopic (exact) mass is 270 g/mol. The molecule has 1 atom stereocenters. The quantitative estimate of drug-likeness (QED) is 0.767. The van der Waals surface area contributed by atoms with Crippen molar-refractivity contribution < 1.29 is 14.7 Å². The number of carboxylic acid groups (broad SMARTS) is 1. The molecule has 1 heterocycles. The Balaban J connectivity index is 2.46. The van der Waals surface area contributed by atoms with E-state index in [-0.39, 0.29) is 12.5 Å². The third-order valence-electron chi connectivity index (χ3n) is 3.99. The van der Waals surface area contributed by atoms with E-state index < -0.39 is 11.5 Å². The molecule has 0 bridgehead atoms. The van der Waals surface area contributed by atoms with E-state index in [1.165, 1.54) is 0 Å². The van der Waals surface area contributed by atoms with Crippen molar-refractivity contribution >= 4 is 11.9 Å². The Labute approximate surface area is 115 Å². The minimum Gasteiger partial charge on any atom is -0.480 e. The van der Waals surface area contributed by atoms with Crippen LogP contribution >= 0.6 is 0 Å². The van der Waals surface area contributed by atoms with Crippen LogP contribution < -0.4 is 5.32 Å². The Hall–Kier alpha value is -1.10. The third kappa shape index (κ3) is 4.49. The molecule has 2 N–H and O–H groups in total. The molecule has 0 radical (unpaired) electrons. The highest BCUT2D eigenvalue weighted by atomic mass is 16.4. The van der Waals surface area contributed by atoms with Crippen LogP contribution in [0, 0.1) is 5.92 Å². The number of piperidine rings is 1. The molecule has 1 unspecified atom stereocenters.